The van der Waals surface area contributed by atoms with Gasteiger partial charge in [0.25, 0.3) is 0 Å². The molecule has 0 heterocycles. The number of hydrogen-bond donors (Lipinski definition) is 2. The molecule has 0 aliphatic carbocycles. The molecule has 0 aliphatic rings. The van der Waals surface area contributed by atoms with Gasteiger partial charge in [0.1, 0.15) is 12.1 Å². The fraction of sp³-hybridized carbons (Fsp3) is 0.474. The van der Waals surface area contributed by atoms with Gasteiger partial charge in [-0.2, -0.15) is 0 Å². The molecule has 0 fully saturated rings. The van der Waals surface area contributed by atoms with Gasteiger partial charge in [0.2, 0.25) is 11.8 Å². The van der Waals surface area contributed by atoms with Crippen molar-refractivity contribution >= 4 is 23.8 Å². The van der Waals surface area contributed by atoms with Gasteiger partial charge in [0, 0.05) is 13.3 Å². The molecule has 0 spiro atoms. The summed E-state index contributed by atoms with van der Waals surface area (Å²) in [6.07, 6.45) is 0.186. The van der Waals surface area contributed by atoms with Crippen molar-refractivity contribution in [3.63, 3.8) is 0 Å². The van der Waals surface area contributed by atoms with Crippen LogP contribution in [0.5, 0.6) is 0 Å². The molecule has 1 aromatic rings. The Balaban J connectivity index is 2.94. The van der Waals surface area contributed by atoms with E-state index < -0.39 is 35.8 Å². The SMILES string of the molecule is COC(=O)C[C@@H](C)[C@H](NC(=O)[C@@H](Cc1ccccc1)NC(C)=O)C(=O)OC. The molecule has 0 aliphatic heterocycles. The van der Waals surface area contributed by atoms with Gasteiger partial charge < -0.3 is 20.1 Å². The van der Waals surface area contributed by atoms with Crippen molar-refractivity contribution in [2.45, 2.75) is 38.8 Å². The first kappa shape index (κ1) is 22.1. The highest BCUT2D eigenvalue weighted by atomic mass is 16.5. The maximum atomic E-state index is 12.7. The molecule has 2 N–H and O–H groups in total. The summed E-state index contributed by atoms with van der Waals surface area (Å²) in [7, 11) is 2.44. The Morgan fingerprint density at radius 1 is 1.00 bits per heavy atom. The summed E-state index contributed by atoms with van der Waals surface area (Å²) < 4.78 is 9.34. The Morgan fingerprint density at radius 3 is 2.15 bits per heavy atom. The summed E-state index contributed by atoms with van der Waals surface area (Å²) in [5.41, 5.74) is 0.851. The third-order valence-corrected chi connectivity index (χ3v) is 4.01. The van der Waals surface area contributed by atoms with Gasteiger partial charge in [0.15, 0.2) is 0 Å². The quantitative estimate of drug-likeness (QED) is 0.609. The highest BCUT2D eigenvalue weighted by molar-refractivity contribution is 5.90. The van der Waals surface area contributed by atoms with E-state index in [9.17, 15) is 19.2 Å². The zero-order chi connectivity index (χ0) is 20.4. The van der Waals surface area contributed by atoms with Crippen LogP contribution < -0.4 is 10.6 Å². The van der Waals surface area contributed by atoms with Crippen LogP contribution in [-0.4, -0.2) is 50.1 Å². The highest BCUT2D eigenvalue weighted by Gasteiger charge is 2.32. The summed E-state index contributed by atoms with van der Waals surface area (Å²) in [5.74, 6) is -2.65. The normalized spacial score (nSPS) is 13.6. The summed E-state index contributed by atoms with van der Waals surface area (Å²) in [4.78, 5) is 47.8. The van der Waals surface area contributed by atoms with Gasteiger partial charge in [-0.25, -0.2) is 4.79 Å². The number of benzene rings is 1. The van der Waals surface area contributed by atoms with Crippen LogP contribution in [0.15, 0.2) is 30.3 Å². The smallest absolute Gasteiger partial charge is 0.328 e. The molecule has 0 saturated heterocycles. The lowest BCUT2D eigenvalue weighted by molar-refractivity contribution is -0.148. The van der Waals surface area contributed by atoms with Gasteiger partial charge in [0.05, 0.1) is 20.6 Å². The van der Waals surface area contributed by atoms with Crippen LogP contribution in [0.3, 0.4) is 0 Å². The largest absolute Gasteiger partial charge is 0.469 e. The van der Waals surface area contributed by atoms with Crippen LogP contribution in [-0.2, 0) is 35.1 Å². The van der Waals surface area contributed by atoms with Gasteiger partial charge in [-0.15, -0.1) is 0 Å². The maximum Gasteiger partial charge on any atom is 0.328 e. The Bertz CT molecular complexity index is 661. The second-order valence-corrected chi connectivity index (χ2v) is 6.21. The first-order valence-corrected chi connectivity index (χ1v) is 8.54. The average molecular weight is 378 g/mol. The fourth-order valence-corrected chi connectivity index (χ4v) is 2.58. The van der Waals surface area contributed by atoms with Crippen LogP contribution in [0.1, 0.15) is 25.8 Å². The number of rotatable bonds is 9. The van der Waals surface area contributed by atoms with Gasteiger partial charge in [-0.05, 0) is 11.5 Å². The molecule has 0 bridgehead atoms. The molecule has 0 aromatic heterocycles. The Kier molecular flexibility index (Phi) is 8.98. The van der Waals surface area contributed by atoms with Crippen molar-refractivity contribution in [2.24, 2.45) is 5.92 Å². The van der Waals surface area contributed by atoms with Crippen molar-refractivity contribution < 1.29 is 28.7 Å². The van der Waals surface area contributed by atoms with Gasteiger partial charge >= 0.3 is 11.9 Å². The van der Waals surface area contributed by atoms with E-state index >= 15 is 0 Å². The maximum absolute atomic E-state index is 12.7. The third-order valence-electron chi connectivity index (χ3n) is 4.01. The molecule has 2 amide bonds. The molecule has 0 saturated carbocycles. The van der Waals surface area contributed by atoms with Crippen LogP contribution in [0.4, 0.5) is 0 Å². The molecule has 0 unspecified atom stereocenters. The van der Waals surface area contributed by atoms with E-state index in [1.165, 1.54) is 21.1 Å². The minimum Gasteiger partial charge on any atom is -0.469 e. The van der Waals surface area contributed by atoms with Crippen LogP contribution in [0, 0.1) is 5.92 Å². The zero-order valence-corrected chi connectivity index (χ0v) is 16.0. The number of amides is 2. The molecule has 1 aromatic carbocycles. The molecule has 8 nitrogen and oxygen atoms in total. The summed E-state index contributed by atoms with van der Waals surface area (Å²) in [6.45, 7) is 2.94. The minimum atomic E-state index is -1.05. The van der Waals surface area contributed by atoms with Crippen molar-refractivity contribution in [1.29, 1.82) is 0 Å². The van der Waals surface area contributed by atoms with Crippen molar-refractivity contribution in [3.8, 4) is 0 Å². The van der Waals surface area contributed by atoms with Gasteiger partial charge in [-0.1, -0.05) is 37.3 Å². The number of carbonyl (C=O) groups excluding carboxylic acids is 4. The first-order valence-electron chi connectivity index (χ1n) is 8.54. The lowest BCUT2D eigenvalue weighted by atomic mass is 9.97. The number of carbonyl (C=O) groups is 4. The monoisotopic (exact) mass is 378 g/mol. The van der Waals surface area contributed by atoms with E-state index in [4.69, 9.17) is 4.74 Å². The Morgan fingerprint density at radius 2 is 1.63 bits per heavy atom. The number of esters is 2. The number of nitrogens with one attached hydrogen (secondary N) is 2. The molecule has 8 heteroatoms. The Hall–Kier alpha value is -2.90. The number of hydrogen-bond acceptors (Lipinski definition) is 6. The topological polar surface area (TPSA) is 111 Å². The third kappa shape index (κ3) is 7.47. The molecular formula is C19H26N2O6. The minimum absolute atomic E-state index is 0.0694. The van der Waals surface area contributed by atoms with Crippen LogP contribution in [0.25, 0.3) is 0 Å². The molecule has 3 atom stereocenters. The highest BCUT2D eigenvalue weighted by Crippen LogP contribution is 2.12. The molecule has 148 valence electrons. The summed E-state index contributed by atoms with van der Waals surface area (Å²) >= 11 is 0. The molecular weight excluding hydrogens is 352 g/mol. The summed E-state index contributed by atoms with van der Waals surface area (Å²) in [5, 5.41) is 5.17. The zero-order valence-electron chi connectivity index (χ0n) is 16.0. The predicted octanol–water partition coefficient (Wildman–Crippen LogP) is 0.591. The van der Waals surface area contributed by atoms with Crippen LogP contribution >= 0.6 is 0 Å². The summed E-state index contributed by atoms with van der Waals surface area (Å²) in [6, 6.07) is 7.25. The van der Waals surface area contributed by atoms with Gasteiger partial charge in [-0.3, -0.25) is 14.4 Å². The predicted molar refractivity (Wildman–Crippen MR) is 97.5 cm³/mol. The van der Waals surface area contributed by atoms with E-state index in [2.05, 4.69) is 15.4 Å². The first-order chi connectivity index (χ1) is 12.8. The number of methoxy groups -OCH3 is 2. The van der Waals surface area contributed by atoms with Crippen molar-refractivity contribution in [2.75, 3.05) is 14.2 Å². The lowest BCUT2D eigenvalue weighted by Gasteiger charge is -2.25. The van der Waals surface area contributed by atoms with Crippen LogP contribution in [0.2, 0.25) is 0 Å². The standard InChI is InChI=1S/C19H26N2O6/c1-12(10-16(23)26-3)17(19(25)27-4)21-18(24)15(20-13(2)22)11-14-8-6-5-7-9-14/h5-9,12,15,17H,10-11H2,1-4H3,(H,20,22)(H,21,24)/t12-,15-,17+/m1/s1. The van der Waals surface area contributed by atoms with E-state index in [0.29, 0.717) is 0 Å². The van der Waals surface area contributed by atoms with E-state index in [0.717, 1.165) is 5.56 Å². The van der Waals surface area contributed by atoms with E-state index in [1.807, 2.05) is 30.3 Å². The van der Waals surface area contributed by atoms with E-state index in [1.54, 1.807) is 6.92 Å². The second-order valence-electron chi connectivity index (χ2n) is 6.21. The average Bonchev–Trinajstić information content (AvgIpc) is 2.64. The molecule has 1 rings (SSSR count). The molecule has 0 radical (unpaired) electrons. The van der Waals surface area contributed by atoms with Crippen molar-refractivity contribution in [3.05, 3.63) is 35.9 Å². The van der Waals surface area contributed by atoms with Crippen molar-refractivity contribution in [1.82, 2.24) is 10.6 Å². The second kappa shape index (κ2) is 10.9. The fourth-order valence-electron chi connectivity index (χ4n) is 2.58. The Labute approximate surface area is 158 Å². The lowest BCUT2D eigenvalue weighted by Crippen LogP contribution is -2.54. The van der Waals surface area contributed by atoms with E-state index in [-0.39, 0.29) is 18.7 Å². The number of ether oxygens (including phenoxy) is 2. The molecule has 27 heavy (non-hydrogen) atoms.